The first-order chi connectivity index (χ1) is 10.8. The lowest BCUT2D eigenvalue weighted by molar-refractivity contribution is -0.384. The van der Waals surface area contributed by atoms with Crippen molar-refractivity contribution in [1.29, 1.82) is 0 Å². The number of nitrogens with zero attached hydrogens (tertiary/aromatic N) is 1. The van der Waals surface area contributed by atoms with E-state index in [1.807, 2.05) is 13.8 Å². The van der Waals surface area contributed by atoms with Gasteiger partial charge in [-0.25, -0.2) is 4.79 Å². The maximum absolute atomic E-state index is 11.6. The zero-order chi connectivity index (χ0) is 17.4. The number of nitro groups is 1. The van der Waals surface area contributed by atoms with Gasteiger partial charge in [-0.05, 0) is 31.6 Å². The molecule has 8 nitrogen and oxygen atoms in total. The molecule has 1 amide bonds. The van der Waals surface area contributed by atoms with E-state index in [0.29, 0.717) is 5.56 Å². The van der Waals surface area contributed by atoms with E-state index in [1.165, 1.54) is 31.4 Å². The summed E-state index contributed by atoms with van der Waals surface area (Å²) in [4.78, 5) is 33.2. The van der Waals surface area contributed by atoms with Crippen LogP contribution in [0.1, 0.15) is 19.4 Å². The fourth-order valence-corrected chi connectivity index (χ4v) is 1.73. The number of rotatable bonds is 7. The molecule has 1 aromatic carbocycles. The van der Waals surface area contributed by atoms with Crippen molar-refractivity contribution >= 4 is 29.3 Å². The van der Waals surface area contributed by atoms with Crippen molar-refractivity contribution < 1.29 is 19.2 Å². The summed E-state index contributed by atoms with van der Waals surface area (Å²) in [6.07, 6.45) is 2.58. The van der Waals surface area contributed by atoms with Gasteiger partial charge < -0.3 is 15.4 Å². The fourth-order valence-electron chi connectivity index (χ4n) is 1.73. The molecule has 2 N–H and O–H groups in total. The Kier molecular flexibility index (Phi) is 6.72. The highest BCUT2D eigenvalue weighted by atomic mass is 16.6. The molecule has 0 heterocycles. The number of hydrogen-bond donors (Lipinski definition) is 2. The summed E-state index contributed by atoms with van der Waals surface area (Å²) in [5.74, 6) is -0.816. The maximum Gasteiger partial charge on any atom is 0.330 e. The summed E-state index contributed by atoms with van der Waals surface area (Å²) in [5.41, 5.74) is 0.512. The Labute approximate surface area is 133 Å². The van der Waals surface area contributed by atoms with Gasteiger partial charge in [-0.1, -0.05) is 6.07 Å². The van der Waals surface area contributed by atoms with Crippen LogP contribution in [0.5, 0.6) is 0 Å². The third-order valence-corrected chi connectivity index (χ3v) is 2.72. The average Bonchev–Trinajstić information content (AvgIpc) is 2.50. The molecular formula is C15H19N3O5. The van der Waals surface area contributed by atoms with Gasteiger partial charge in [0.15, 0.2) is 0 Å². The number of esters is 1. The molecule has 8 heteroatoms. The van der Waals surface area contributed by atoms with E-state index in [2.05, 4.69) is 15.4 Å². The van der Waals surface area contributed by atoms with Crippen molar-refractivity contribution in [2.75, 3.05) is 19.0 Å². The Hall–Kier alpha value is -2.90. The number of anilines is 1. The van der Waals surface area contributed by atoms with Gasteiger partial charge in [0.2, 0.25) is 5.91 Å². The van der Waals surface area contributed by atoms with E-state index in [1.54, 1.807) is 6.07 Å². The number of methoxy groups -OCH3 is 1. The molecule has 0 radical (unpaired) electrons. The van der Waals surface area contributed by atoms with E-state index in [9.17, 15) is 19.7 Å². The lowest BCUT2D eigenvalue weighted by atomic mass is 10.1. The third-order valence-electron chi connectivity index (χ3n) is 2.72. The van der Waals surface area contributed by atoms with Crippen LogP contribution in [0.3, 0.4) is 0 Å². The largest absolute Gasteiger partial charge is 0.466 e. The minimum absolute atomic E-state index is 0.00915. The minimum Gasteiger partial charge on any atom is -0.466 e. The Morgan fingerprint density at radius 2 is 2.09 bits per heavy atom. The summed E-state index contributed by atoms with van der Waals surface area (Å²) < 4.78 is 4.45. The number of amides is 1. The first-order valence-electron chi connectivity index (χ1n) is 6.91. The summed E-state index contributed by atoms with van der Waals surface area (Å²) in [7, 11) is 1.24. The molecule has 1 rings (SSSR count). The van der Waals surface area contributed by atoms with Crippen LogP contribution in [0.25, 0.3) is 6.08 Å². The van der Waals surface area contributed by atoms with E-state index < -0.39 is 10.9 Å². The van der Waals surface area contributed by atoms with Gasteiger partial charge in [-0.2, -0.15) is 0 Å². The second kappa shape index (κ2) is 8.52. The number of nitrogens with one attached hydrogen (secondary N) is 2. The fraction of sp³-hybridized carbons (Fsp3) is 0.333. The number of carbonyl (C=O) groups excluding carboxylic acids is 2. The lowest BCUT2D eigenvalue weighted by Gasteiger charge is -2.10. The van der Waals surface area contributed by atoms with Gasteiger partial charge in [0.1, 0.15) is 5.69 Å². The normalized spacial score (nSPS) is 10.6. The molecule has 0 aliphatic heterocycles. The van der Waals surface area contributed by atoms with Gasteiger partial charge in [-0.3, -0.25) is 14.9 Å². The molecule has 0 saturated heterocycles. The van der Waals surface area contributed by atoms with Crippen LogP contribution >= 0.6 is 0 Å². The monoisotopic (exact) mass is 321 g/mol. The van der Waals surface area contributed by atoms with Crippen molar-refractivity contribution in [3.8, 4) is 0 Å². The zero-order valence-electron chi connectivity index (χ0n) is 13.2. The number of hydrogen-bond acceptors (Lipinski definition) is 6. The molecule has 124 valence electrons. The second-order valence-electron chi connectivity index (χ2n) is 4.97. The predicted octanol–water partition coefficient (Wildman–Crippen LogP) is 1.72. The van der Waals surface area contributed by atoms with Crippen LogP contribution in [0.4, 0.5) is 11.4 Å². The van der Waals surface area contributed by atoms with Crippen LogP contribution in [0.15, 0.2) is 24.3 Å². The van der Waals surface area contributed by atoms with Crippen molar-refractivity contribution in [1.82, 2.24) is 5.32 Å². The quantitative estimate of drug-likeness (QED) is 0.342. The summed E-state index contributed by atoms with van der Waals surface area (Å²) in [6.45, 7) is 3.57. The van der Waals surface area contributed by atoms with E-state index >= 15 is 0 Å². The summed E-state index contributed by atoms with van der Waals surface area (Å²) in [6, 6.07) is 4.37. The molecular weight excluding hydrogens is 302 g/mol. The molecule has 23 heavy (non-hydrogen) atoms. The standard InChI is InChI=1S/C15H19N3O5/c1-10(2)17-14(19)9-16-12-6-4-11(5-7-15(20)23-3)8-13(12)18(21)22/h4-8,10,16H,9H2,1-3H3,(H,17,19)/b7-5+. The topological polar surface area (TPSA) is 111 Å². The van der Waals surface area contributed by atoms with Gasteiger partial charge in [-0.15, -0.1) is 0 Å². The highest BCUT2D eigenvalue weighted by Gasteiger charge is 2.15. The van der Waals surface area contributed by atoms with Crippen LogP contribution in [-0.2, 0) is 14.3 Å². The van der Waals surface area contributed by atoms with Crippen LogP contribution in [0, 0.1) is 10.1 Å². The van der Waals surface area contributed by atoms with Gasteiger partial charge >= 0.3 is 5.97 Å². The molecule has 0 bridgehead atoms. The van der Waals surface area contributed by atoms with Gasteiger partial charge in [0, 0.05) is 18.2 Å². The Balaban J connectivity index is 2.88. The molecule has 0 aliphatic carbocycles. The number of nitro benzene ring substituents is 1. The summed E-state index contributed by atoms with van der Waals surface area (Å²) in [5, 5.41) is 16.6. The SMILES string of the molecule is COC(=O)/C=C/c1ccc(NCC(=O)NC(C)C)c([N+](=O)[O-])c1. The smallest absolute Gasteiger partial charge is 0.330 e. The second-order valence-corrected chi connectivity index (χ2v) is 4.97. The van der Waals surface area contributed by atoms with Crippen LogP contribution in [0.2, 0.25) is 0 Å². The van der Waals surface area contributed by atoms with Crippen molar-refractivity contribution in [2.24, 2.45) is 0 Å². The Bertz CT molecular complexity index is 626. The van der Waals surface area contributed by atoms with Crippen LogP contribution < -0.4 is 10.6 Å². The molecule has 0 aromatic heterocycles. The molecule has 0 atom stereocenters. The van der Waals surface area contributed by atoms with E-state index in [-0.39, 0.29) is 29.9 Å². The lowest BCUT2D eigenvalue weighted by Crippen LogP contribution is -2.34. The molecule has 1 aromatic rings. The minimum atomic E-state index is -0.557. The van der Waals surface area contributed by atoms with Crippen molar-refractivity contribution in [3.05, 3.63) is 40.0 Å². The predicted molar refractivity (Wildman–Crippen MR) is 85.9 cm³/mol. The summed E-state index contributed by atoms with van der Waals surface area (Å²) >= 11 is 0. The molecule has 0 spiro atoms. The van der Waals surface area contributed by atoms with Gasteiger partial charge in [0.05, 0.1) is 18.6 Å². The molecule has 0 saturated carbocycles. The van der Waals surface area contributed by atoms with E-state index in [4.69, 9.17) is 0 Å². The van der Waals surface area contributed by atoms with Crippen LogP contribution in [-0.4, -0.2) is 36.5 Å². The Morgan fingerprint density at radius 1 is 1.39 bits per heavy atom. The van der Waals surface area contributed by atoms with Crippen molar-refractivity contribution in [2.45, 2.75) is 19.9 Å². The highest BCUT2D eigenvalue weighted by Crippen LogP contribution is 2.26. The Morgan fingerprint density at radius 3 is 2.65 bits per heavy atom. The third kappa shape index (κ3) is 6.16. The zero-order valence-corrected chi connectivity index (χ0v) is 13.2. The molecule has 0 unspecified atom stereocenters. The first-order valence-corrected chi connectivity index (χ1v) is 6.91. The maximum atomic E-state index is 11.6. The van der Waals surface area contributed by atoms with E-state index in [0.717, 1.165) is 0 Å². The number of ether oxygens (including phenoxy) is 1. The first kappa shape index (κ1) is 18.1. The number of benzene rings is 1. The highest BCUT2D eigenvalue weighted by molar-refractivity contribution is 5.87. The molecule has 0 aliphatic rings. The number of carbonyl (C=O) groups is 2. The molecule has 0 fully saturated rings. The van der Waals surface area contributed by atoms with Crippen molar-refractivity contribution in [3.63, 3.8) is 0 Å². The average molecular weight is 321 g/mol. The van der Waals surface area contributed by atoms with Gasteiger partial charge in [0.25, 0.3) is 5.69 Å².